The molecule has 1 unspecified atom stereocenters. The zero-order valence-corrected chi connectivity index (χ0v) is 23.4. The Balaban J connectivity index is 1.77. The first kappa shape index (κ1) is 31.6. The molecule has 3 rings (SSSR count). The van der Waals surface area contributed by atoms with Crippen molar-refractivity contribution in [1.29, 1.82) is 0 Å². The van der Waals surface area contributed by atoms with Crippen LogP contribution in [0.4, 0.5) is 0 Å². The predicted octanol–water partition coefficient (Wildman–Crippen LogP) is 3.17. The lowest BCUT2D eigenvalue weighted by atomic mass is 9.91. The van der Waals surface area contributed by atoms with E-state index in [2.05, 4.69) is 11.9 Å². The van der Waals surface area contributed by atoms with Crippen LogP contribution in [0.15, 0.2) is 54.6 Å². The smallest absolute Gasteiger partial charge is 0.341 e. The lowest BCUT2D eigenvalue weighted by Gasteiger charge is -2.27. The van der Waals surface area contributed by atoms with E-state index in [1.54, 1.807) is 0 Å². The summed E-state index contributed by atoms with van der Waals surface area (Å²) in [5, 5.41) is 30.7. The second-order valence-corrected chi connectivity index (χ2v) is 10.2. The number of ketones is 1. The normalized spacial score (nSPS) is 18.0. The molecule has 0 bridgehead atoms. The Morgan fingerprint density at radius 2 is 1.71 bits per heavy atom. The topological polar surface area (TPSA) is 171 Å². The fraction of sp³-hybridized carbons (Fsp3) is 0.321. The van der Waals surface area contributed by atoms with E-state index in [1.807, 2.05) is 30.3 Å². The summed E-state index contributed by atoms with van der Waals surface area (Å²) < 4.78 is 5.05. The summed E-state index contributed by atoms with van der Waals surface area (Å²) in [6.07, 6.45) is 0.614. The minimum atomic E-state index is -1.54. The number of halogens is 2. The third-order valence-corrected chi connectivity index (χ3v) is 7.54. The average Bonchev–Trinajstić information content (AvgIpc) is 3.28. The Kier molecular flexibility index (Phi) is 10.5. The summed E-state index contributed by atoms with van der Waals surface area (Å²) in [7, 11) is 0. The van der Waals surface area contributed by atoms with Crippen molar-refractivity contribution >= 4 is 52.8 Å². The zero-order valence-electron chi connectivity index (χ0n) is 21.9. The predicted molar refractivity (Wildman–Crippen MR) is 148 cm³/mol. The fourth-order valence-corrected chi connectivity index (χ4v) is 5.06. The Labute approximate surface area is 245 Å². The first-order valence-corrected chi connectivity index (χ1v) is 13.2. The van der Waals surface area contributed by atoms with Gasteiger partial charge < -0.3 is 25.0 Å². The van der Waals surface area contributed by atoms with Crippen LogP contribution < -0.4 is 10.1 Å². The standard InChI is InChI=1S/C28H28Cl2N2O9/c1-14-18(25(35)17-9-11-20(23(30)22(17)29)41-13-21(33)34)12-32(24(14)28(39)40)26(36)15(2)31-19(27(37)38)10-8-16-6-4-3-5-7-16/h3-7,9,11,15,18-19,24,31H,1,8,10,12-13H2,2H3,(H,33,34)(H,37,38)(H,39,40)/t15-,18?,19-,24-/m0/s1. The van der Waals surface area contributed by atoms with Gasteiger partial charge in [0, 0.05) is 12.1 Å². The lowest BCUT2D eigenvalue weighted by Crippen LogP contribution is -2.53. The molecule has 41 heavy (non-hydrogen) atoms. The van der Waals surface area contributed by atoms with Gasteiger partial charge in [0.2, 0.25) is 5.91 Å². The third kappa shape index (κ3) is 7.43. The summed E-state index contributed by atoms with van der Waals surface area (Å²) in [4.78, 5) is 62.6. The van der Waals surface area contributed by atoms with Gasteiger partial charge in [-0.05, 0) is 43.0 Å². The molecule has 2 aromatic rings. The molecule has 1 heterocycles. The van der Waals surface area contributed by atoms with Crippen molar-refractivity contribution in [3.63, 3.8) is 0 Å². The molecular weight excluding hydrogens is 579 g/mol. The van der Waals surface area contributed by atoms with E-state index < -0.39 is 60.2 Å². The quantitative estimate of drug-likeness (QED) is 0.196. The van der Waals surface area contributed by atoms with Gasteiger partial charge in [-0.1, -0.05) is 60.1 Å². The first-order chi connectivity index (χ1) is 19.3. The van der Waals surface area contributed by atoms with E-state index >= 15 is 0 Å². The summed E-state index contributed by atoms with van der Waals surface area (Å²) in [6, 6.07) is 8.00. The molecule has 0 aromatic heterocycles. The molecule has 0 radical (unpaired) electrons. The van der Waals surface area contributed by atoms with E-state index in [4.69, 9.17) is 33.0 Å². The van der Waals surface area contributed by atoms with Gasteiger partial charge in [0.1, 0.15) is 16.8 Å². The van der Waals surface area contributed by atoms with Gasteiger partial charge in [-0.25, -0.2) is 9.59 Å². The van der Waals surface area contributed by atoms with Crippen LogP contribution in [0.3, 0.4) is 0 Å². The highest BCUT2D eigenvalue weighted by Gasteiger charge is 2.47. The number of Topliss-reactive ketones (excluding diaryl/α,β-unsaturated/α-hetero) is 1. The summed E-state index contributed by atoms with van der Waals surface area (Å²) in [6.45, 7) is 4.16. The number of benzene rings is 2. The van der Waals surface area contributed by atoms with Gasteiger partial charge in [-0.15, -0.1) is 0 Å². The van der Waals surface area contributed by atoms with Gasteiger partial charge >= 0.3 is 17.9 Å². The minimum Gasteiger partial charge on any atom is -0.480 e. The highest BCUT2D eigenvalue weighted by molar-refractivity contribution is 6.45. The van der Waals surface area contributed by atoms with Crippen molar-refractivity contribution in [2.45, 2.75) is 37.9 Å². The summed E-state index contributed by atoms with van der Waals surface area (Å²) in [5.74, 6) is -6.43. The maximum absolute atomic E-state index is 13.4. The third-order valence-electron chi connectivity index (χ3n) is 6.67. The summed E-state index contributed by atoms with van der Waals surface area (Å²) >= 11 is 12.4. The number of rotatable bonds is 13. The van der Waals surface area contributed by atoms with Crippen LogP contribution in [-0.2, 0) is 25.6 Å². The second kappa shape index (κ2) is 13.6. The Morgan fingerprint density at radius 3 is 2.29 bits per heavy atom. The van der Waals surface area contributed by atoms with Gasteiger partial charge in [0.05, 0.1) is 17.0 Å². The highest BCUT2D eigenvalue weighted by Crippen LogP contribution is 2.38. The molecule has 218 valence electrons. The number of aliphatic carboxylic acids is 3. The molecule has 1 fully saturated rings. The van der Waals surface area contributed by atoms with E-state index in [1.165, 1.54) is 19.1 Å². The van der Waals surface area contributed by atoms with Crippen molar-refractivity contribution < 1.29 is 44.0 Å². The monoisotopic (exact) mass is 606 g/mol. The lowest BCUT2D eigenvalue weighted by molar-refractivity contribution is -0.148. The molecule has 4 atom stereocenters. The number of ether oxygens (including phenoxy) is 1. The molecule has 0 spiro atoms. The highest BCUT2D eigenvalue weighted by atomic mass is 35.5. The van der Waals surface area contributed by atoms with Crippen molar-refractivity contribution in [2.75, 3.05) is 13.2 Å². The number of nitrogens with zero attached hydrogens (tertiary/aromatic N) is 1. The Bertz CT molecular complexity index is 1370. The number of likely N-dealkylation sites (tertiary alicyclic amines) is 1. The second-order valence-electron chi connectivity index (χ2n) is 9.45. The fourth-order valence-electron chi connectivity index (χ4n) is 4.59. The average molecular weight is 607 g/mol. The Morgan fingerprint density at radius 1 is 1.05 bits per heavy atom. The number of aryl methyl sites for hydroxylation is 1. The first-order valence-electron chi connectivity index (χ1n) is 12.4. The number of amides is 1. The van der Waals surface area contributed by atoms with Gasteiger partial charge in [-0.2, -0.15) is 0 Å². The molecule has 11 nitrogen and oxygen atoms in total. The van der Waals surface area contributed by atoms with Crippen LogP contribution in [-0.4, -0.2) is 81.1 Å². The number of hydrogen-bond donors (Lipinski definition) is 4. The van der Waals surface area contributed by atoms with Crippen LogP contribution in [0.1, 0.15) is 29.3 Å². The number of hydrogen-bond acceptors (Lipinski definition) is 7. The van der Waals surface area contributed by atoms with Crippen molar-refractivity contribution in [1.82, 2.24) is 10.2 Å². The molecule has 0 saturated carbocycles. The summed E-state index contributed by atoms with van der Waals surface area (Å²) in [5.41, 5.74) is 0.769. The van der Waals surface area contributed by atoms with Crippen molar-refractivity contribution in [3.05, 3.63) is 75.8 Å². The molecule has 1 aliphatic rings. The molecule has 1 aliphatic heterocycles. The number of nitrogens with one attached hydrogen (secondary N) is 1. The molecular formula is C28H28Cl2N2O9. The van der Waals surface area contributed by atoms with Crippen molar-refractivity contribution in [2.24, 2.45) is 5.92 Å². The van der Waals surface area contributed by atoms with Crippen LogP contribution in [0.5, 0.6) is 5.75 Å². The van der Waals surface area contributed by atoms with Crippen LogP contribution >= 0.6 is 23.2 Å². The largest absolute Gasteiger partial charge is 0.480 e. The number of carboxylic acids is 3. The SMILES string of the molecule is C=C1C(C(=O)c2ccc(OCC(=O)O)c(Cl)c2Cl)CN(C(=O)[C@H](C)N[C@@H](CCc2ccccc2)C(=O)O)[C@@H]1C(=O)O. The molecule has 0 aliphatic carbocycles. The molecule has 1 amide bonds. The number of carbonyl (C=O) groups excluding carboxylic acids is 2. The molecule has 2 aromatic carbocycles. The van der Waals surface area contributed by atoms with Gasteiger partial charge in [-0.3, -0.25) is 19.7 Å². The van der Waals surface area contributed by atoms with Crippen LogP contribution in [0.2, 0.25) is 10.0 Å². The van der Waals surface area contributed by atoms with Gasteiger partial charge in [0.25, 0.3) is 0 Å². The molecule has 4 N–H and O–H groups in total. The van der Waals surface area contributed by atoms with Crippen LogP contribution in [0.25, 0.3) is 0 Å². The van der Waals surface area contributed by atoms with E-state index in [-0.39, 0.29) is 39.9 Å². The maximum atomic E-state index is 13.4. The van der Waals surface area contributed by atoms with E-state index in [9.17, 15) is 34.2 Å². The molecule has 13 heteroatoms. The number of carboxylic acid groups (broad SMARTS) is 3. The molecule has 1 saturated heterocycles. The van der Waals surface area contributed by atoms with Crippen molar-refractivity contribution in [3.8, 4) is 5.75 Å². The van der Waals surface area contributed by atoms with E-state index in [0.29, 0.717) is 6.42 Å². The van der Waals surface area contributed by atoms with Crippen LogP contribution in [0, 0.1) is 5.92 Å². The maximum Gasteiger partial charge on any atom is 0.341 e. The zero-order chi connectivity index (χ0) is 30.4. The minimum absolute atomic E-state index is 0.0553. The van der Waals surface area contributed by atoms with E-state index in [0.717, 1.165) is 10.5 Å². The Hall–Kier alpha value is -3.93. The van der Waals surface area contributed by atoms with Gasteiger partial charge in [0.15, 0.2) is 18.4 Å². The number of carbonyl (C=O) groups is 5.